The number of amides is 1. The molecule has 1 aromatic heterocycles. The van der Waals surface area contributed by atoms with Crippen molar-refractivity contribution in [2.75, 3.05) is 26.2 Å². The molecule has 4 rings (SSSR count). The van der Waals surface area contributed by atoms with Gasteiger partial charge in [0.05, 0.1) is 4.88 Å². The van der Waals surface area contributed by atoms with Gasteiger partial charge in [0.25, 0.3) is 15.9 Å². The van der Waals surface area contributed by atoms with Crippen LogP contribution < -0.4 is 5.32 Å². The van der Waals surface area contributed by atoms with Gasteiger partial charge in [0.15, 0.2) is 0 Å². The molecular formula is C18H28ClN3O3S2. The van der Waals surface area contributed by atoms with Crippen molar-refractivity contribution in [2.24, 2.45) is 5.92 Å². The highest BCUT2D eigenvalue weighted by Gasteiger charge is 2.39. The first-order valence-corrected chi connectivity index (χ1v) is 11.9. The number of carbonyl (C=O) groups is 1. The first-order valence-electron chi connectivity index (χ1n) is 9.60. The van der Waals surface area contributed by atoms with E-state index in [1.54, 1.807) is 16.4 Å². The smallest absolute Gasteiger partial charge is 0.264 e. The largest absolute Gasteiger partial charge is 0.331 e. The first kappa shape index (κ1) is 21.0. The predicted octanol–water partition coefficient (Wildman–Crippen LogP) is 2.56. The Balaban J connectivity index is 0.00000210. The zero-order valence-corrected chi connectivity index (χ0v) is 18.0. The topological polar surface area (TPSA) is 69.7 Å². The van der Waals surface area contributed by atoms with Gasteiger partial charge in [-0.2, -0.15) is 4.31 Å². The summed E-state index contributed by atoms with van der Waals surface area (Å²) in [7, 11) is -3.48. The maximum Gasteiger partial charge on any atom is 0.264 e. The number of carbonyl (C=O) groups excluding carboxylic acids is 1. The molecule has 1 N–H and O–H groups in total. The Hall–Kier alpha value is -0.670. The molecule has 3 aliphatic rings. The minimum Gasteiger partial charge on any atom is -0.331 e. The van der Waals surface area contributed by atoms with Gasteiger partial charge >= 0.3 is 0 Å². The number of hydrogen-bond acceptors (Lipinski definition) is 5. The molecule has 3 saturated heterocycles. The Morgan fingerprint density at radius 2 is 1.81 bits per heavy atom. The fourth-order valence-corrected chi connectivity index (χ4v) is 7.24. The van der Waals surface area contributed by atoms with Gasteiger partial charge in [0, 0.05) is 31.7 Å². The summed E-state index contributed by atoms with van der Waals surface area (Å²) in [6.07, 6.45) is 4.87. The molecule has 0 spiro atoms. The molecule has 0 aliphatic carbocycles. The molecule has 3 fully saturated rings. The molecule has 1 amide bonds. The maximum absolute atomic E-state index is 13.1. The van der Waals surface area contributed by atoms with Crippen LogP contribution in [-0.4, -0.2) is 61.8 Å². The molecule has 2 atom stereocenters. The van der Waals surface area contributed by atoms with Crippen LogP contribution in [0.3, 0.4) is 0 Å². The fourth-order valence-electron chi connectivity index (χ4n) is 4.37. The summed E-state index contributed by atoms with van der Waals surface area (Å²) in [6, 6.07) is 3.84. The average molecular weight is 434 g/mol. The molecule has 0 saturated carbocycles. The first-order chi connectivity index (χ1) is 12.5. The molecule has 9 heteroatoms. The molecular weight excluding hydrogens is 406 g/mol. The van der Waals surface area contributed by atoms with Crippen LogP contribution >= 0.6 is 23.7 Å². The Kier molecular flexibility index (Phi) is 6.52. The molecule has 0 aromatic carbocycles. The molecule has 27 heavy (non-hydrogen) atoms. The van der Waals surface area contributed by atoms with Gasteiger partial charge < -0.3 is 10.2 Å². The molecule has 2 unspecified atom stereocenters. The third-order valence-electron chi connectivity index (χ3n) is 6.02. The third kappa shape index (κ3) is 4.05. The highest BCUT2D eigenvalue weighted by atomic mass is 35.5. The lowest BCUT2D eigenvalue weighted by molar-refractivity contribution is 0.0685. The maximum atomic E-state index is 13.1. The summed E-state index contributed by atoms with van der Waals surface area (Å²) in [6.45, 7) is 5.10. The number of rotatable bonds is 3. The van der Waals surface area contributed by atoms with E-state index in [9.17, 15) is 13.2 Å². The van der Waals surface area contributed by atoms with E-state index >= 15 is 0 Å². The SMILES string of the molecule is CC1CCN(S(=O)(=O)c2ccc(C(=O)N3C4CCNCC3CC4)s2)CC1.Cl. The quantitative estimate of drug-likeness (QED) is 0.795. The summed E-state index contributed by atoms with van der Waals surface area (Å²) >= 11 is 1.13. The normalized spacial score (nSPS) is 27.2. The summed E-state index contributed by atoms with van der Waals surface area (Å²) < 4.78 is 27.7. The lowest BCUT2D eigenvalue weighted by Crippen LogP contribution is -2.42. The Labute approximate surface area is 171 Å². The lowest BCUT2D eigenvalue weighted by Gasteiger charge is -2.29. The van der Waals surface area contributed by atoms with Gasteiger partial charge in [0.2, 0.25) is 0 Å². The predicted molar refractivity (Wildman–Crippen MR) is 109 cm³/mol. The van der Waals surface area contributed by atoms with E-state index in [0.717, 1.165) is 56.5 Å². The zero-order valence-electron chi connectivity index (χ0n) is 15.6. The molecule has 3 aliphatic heterocycles. The summed E-state index contributed by atoms with van der Waals surface area (Å²) in [4.78, 5) is 15.6. The Morgan fingerprint density at radius 1 is 1.11 bits per heavy atom. The number of hydrogen-bond donors (Lipinski definition) is 1. The number of piperidine rings is 1. The minimum atomic E-state index is -3.48. The van der Waals surface area contributed by atoms with Crippen LogP contribution in [0.2, 0.25) is 0 Å². The van der Waals surface area contributed by atoms with Gasteiger partial charge in [-0.3, -0.25) is 4.79 Å². The van der Waals surface area contributed by atoms with Crippen molar-refractivity contribution in [2.45, 2.75) is 55.3 Å². The van der Waals surface area contributed by atoms with Crippen molar-refractivity contribution in [3.8, 4) is 0 Å². The van der Waals surface area contributed by atoms with Crippen LogP contribution in [-0.2, 0) is 10.0 Å². The van der Waals surface area contributed by atoms with Crippen molar-refractivity contribution in [1.82, 2.24) is 14.5 Å². The van der Waals surface area contributed by atoms with Crippen molar-refractivity contribution < 1.29 is 13.2 Å². The summed E-state index contributed by atoms with van der Waals surface area (Å²) in [5.41, 5.74) is 0. The summed E-state index contributed by atoms with van der Waals surface area (Å²) in [5, 5.41) is 3.40. The average Bonchev–Trinajstić information content (AvgIpc) is 3.19. The second-order valence-electron chi connectivity index (χ2n) is 7.80. The van der Waals surface area contributed by atoms with E-state index in [2.05, 4.69) is 12.2 Å². The van der Waals surface area contributed by atoms with Gasteiger partial charge in [-0.25, -0.2) is 8.42 Å². The molecule has 1 aromatic rings. The van der Waals surface area contributed by atoms with E-state index in [4.69, 9.17) is 0 Å². The molecule has 6 nitrogen and oxygen atoms in total. The highest BCUT2D eigenvalue weighted by molar-refractivity contribution is 7.91. The van der Waals surface area contributed by atoms with Crippen LogP contribution in [0.5, 0.6) is 0 Å². The van der Waals surface area contributed by atoms with E-state index < -0.39 is 10.0 Å². The van der Waals surface area contributed by atoms with E-state index in [1.165, 1.54) is 0 Å². The molecule has 2 bridgehead atoms. The lowest BCUT2D eigenvalue weighted by atomic mass is 10.0. The standard InChI is InChI=1S/C18H27N3O3S2.ClH/c1-13-7-10-20(11-8-13)26(23,24)17-5-4-16(25-17)18(22)21-14-2-3-15(21)12-19-9-6-14;/h4-5,13-15,19H,2-3,6-12H2,1H3;1H. The number of halogens is 1. The number of sulfonamides is 1. The molecule has 0 radical (unpaired) electrons. The molecule has 152 valence electrons. The van der Waals surface area contributed by atoms with Crippen molar-refractivity contribution in [3.63, 3.8) is 0 Å². The minimum absolute atomic E-state index is 0. The third-order valence-corrected chi connectivity index (χ3v) is 9.46. The van der Waals surface area contributed by atoms with Crippen LogP contribution in [0, 0.1) is 5.92 Å². The zero-order chi connectivity index (χ0) is 18.3. The monoisotopic (exact) mass is 433 g/mol. The van der Waals surface area contributed by atoms with Crippen LogP contribution in [0.4, 0.5) is 0 Å². The summed E-state index contributed by atoms with van der Waals surface area (Å²) in [5.74, 6) is 0.578. The second kappa shape index (κ2) is 8.37. The highest BCUT2D eigenvalue weighted by Crippen LogP contribution is 2.33. The Morgan fingerprint density at radius 3 is 2.56 bits per heavy atom. The van der Waals surface area contributed by atoms with Gasteiger partial charge in [-0.1, -0.05) is 6.92 Å². The van der Waals surface area contributed by atoms with Gasteiger partial charge in [-0.15, -0.1) is 23.7 Å². The second-order valence-corrected chi connectivity index (χ2v) is 11.0. The van der Waals surface area contributed by atoms with E-state index in [1.807, 2.05) is 4.90 Å². The number of thiophene rings is 1. The Bertz CT molecular complexity index is 761. The number of nitrogens with one attached hydrogen (secondary N) is 1. The van der Waals surface area contributed by atoms with Gasteiger partial charge in [0.1, 0.15) is 4.21 Å². The van der Waals surface area contributed by atoms with Crippen molar-refractivity contribution in [3.05, 3.63) is 17.0 Å². The van der Waals surface area contributed by atoms with Crippen LogP contribution in [0.15, 0.2) is 16.3 Å². The van der Waals surface area contributed by atoms with Crippen LogP contribution in [0.1, 0.15) is 48.7 Å². The van der Waals surface area contributed by atoms with E-state index in [-0.39, 0.29) is 30.4 Å². The van der Waals surface area contributed by atoms with Crippen molar-refractivity contribution >= 4 is 39.7 Å². The number of nitrogens with zero attached hydrogens (tertiary/aromatic N) is 2. The van der Waals surface area contributed by atoms with Gasteiger partial charge in [-0.05, 0) is 56.7 Å². The fraction of sp³-hybridized carbons (Fsp3) is 0.722. The number of fused-ring (bicyclic) bond motifs is 2. The molecule has 4 heterocycles. The van der Waals surface area contributed by atoms with Crippen molar-refractivity contribution in [1.29, 1.82) is 0 Å². The van der Waals surface area contributed by atoms with Crippen LogP contribution in [0.25, 0.3) is 0 Å². The van der Waals surface area contributed by atoms with E-state index in [0.29, 0.717) is 28.1 Å².